The Morgan fingerprint density at radius 3 is 2.36 bits per heavy atom. The Bertz CT molecular complexity index is 1250. The minimum atomic E-state index is -3.50. The van der Waals surface area contributed by atoms with E-state index in [2.05, 4.69) is 23.5 Å². The van der Waals surface area contributed by atoms with Crippen molar-refractivity contribution in [2.75, 3.05) is 17.6 Å². The summed E-state index contributed by atoms with van der Waals surface area (Å²) in [7, 11) is -3.50. The Morgan fingerprint density at radius 1 is 0.879 bits per heavy atom. The van der Waals surface area contributed by atoms with Crippen LogP contribution in [0.15, 0.2) is 77.7 Å². The molecule has 1 aliphatic heterocycles. The lowest BCUT2D eigenvalue weighted by atomic mass is 9.82. The van der Waals surface area contributed by atoms with Crippen LogP contribution in [0.3, 0.4) is 0 Å². The number of hydrogen-bond acceptors (Lipinski definition) is 4. The van der Waals surface area contributed by atoms with Crippen molar-refractivity contribution in [3.8, 4) is 0 Å². The van der Waals surface area contributed by atoms with Gasteiger partial charge in [0.1, 0.15) is 6.04 Å². The molecule has 1 N–H and O–H groups in total. The van der Waals surface area contributed by atoms with Crippen LogP contribution >= 0.6 is 0 Å². The highest BCUT2D eigenvalue weighted by atomic mass is 32.2. The molecule has 1 unspecified atom stereocenters. The molecule has 0 radical (unpaired) electrons. The largest absolute Gasteiger partial charge is 0.373 e. The summed E-state index contributed by atoms with van der Waals surface area (Å²) < 4.78 is 26.7. The lowest BCUT2D eigenvalue weighted by Crippen LogP contribution is -2.56. The van der Waals surface area contributed by atoms with Gasteiger partial charge in [-0.15, -0.1) is 0 Å². The molecule has 3 aromatic carbocycles. The van der Waals surface area contributed by atoms with Gasteiger partial charge in [0.25, 0.3) is 0 Å². The highest BCUT2D eigenvalue weighted by molar-refractivity contribution is 7.91. The van der Waals surface area contributed by atoms with E-state index < -0.39 is 15.4 Å². The van der Waals surface area contributed by atoms with E-state index in [1.807, 2.05) is 35.2 Å². The molecule has 6 heteroatoms. The molecule has 2 fully saturated rings. The molecule has 5 nitrogen and oxygen atoms in total. The smallest absolute Gasteiger partial charge is 0.245 e. The van der Waals surface area contributed by atoms with Crippen LogP contribution in [0.4, 0.5) is 5.69 Å². The monoisotopic (exact) mass is 462 g/mol. The molecular weight excluding hydrogens is 432 g/mol. The first-order chi connectivity index (χ1) is 16.0. The summed E-state index contributed by atoms with van der Waals surface area (Å²) in [6, 6.07) is 22.5. The number of nitrogens with one attached hydrogen (secondary N) is 1. The fourth-order valence-electron chi connectivity index (χ4n) is 5.59. The number of anilines is 1. The first kappa shape index (κ1) is 22.0. The van der Waals surface area contributed by atoms with E-state index in [9.17, 15) is 13.2 Å². The van der Waals surface area contributed by atoms with Crippen LogP contribution < -0.4 is 5.32 Å². The maximum atomic E-state index is 13.6. The van der Waals surface area contributed by atoms with Crippen molar-refractivity contribution < 1.29 is 13.2 Å². The third-order valence-corrected chi connectivity index (χ3v) is 9.15. The fourth-order valence-corrected chi connectivity index (χ4v) is 7.48. The standard InChI is InChI=1S/C27H30N2O3S/c30-26-25(28-24-15-9-11-21-10-5-6-14-23(21)24)16-19-29(26)27(17-7-2-8-18-27)20-33(31,32)22-12-3-1-4-13-22/h1,3-6,9-15,25,28H,2,7-8,16-20H2. The van der Waals surface area contributed by atoms with Gasteiger partial charge >= 0.3 is 0 Å². The van der Waals surface area contributed by atoms with Crippen molar-refractivity contribution in [1.29, 1.82) is 0 Å². The minimum absolute atomic E-state index is 0.00323. The summed E-state index contributed by atoms with van der Waals surface area (Å²) in [5.41, 5.74) is 0.321. The summed E-state index contributed by atoms with van der Waals surface area (Å²) in [6.07, 6.45) is 5.16. The van der Waals surface area contributed by atoms with E-state index in [-0.39, 0.29) is 17.7 Å². The van der Waals surface area contributed by atoms with Crippen molar-refractivity contribution in [2.24, 2.45) is 0 Å². The van der Waals surface area contributed by atoms with E-state index in [0.29, 0.717) is 17.9 Å². The number of rotatable bonds is 6. The summed E-state index contributed by atoms with van der Waals surface area (Å²) in [5.74, 6) is 0.0182. The van der Waals surface area contributed by atoms with Crippen LogP contribution in [0.5, 0.6) is 0 Å². The molecule has 0 spiro atoms. The predicted molar refractivity (Wildman–Crippen MR) is 132 cm³/mol. The van der Waals surface area contributed by atoms with Crippen LogP contribution in [0.2, 0.25) is 0 Å². The third kappa shape index (κ3) is 4.24. The van der Waals surface area contributed by atoms with E-state index in [4.69, 9.17) is 0 Å². The number of fused-ring (bicyclic) bond motifs is 1. The number of carbonyl (C=O) groups is 1. The van der Waals surface area contributed by atoms with Gasteiger partial charge < -0.3 is 10.2 Å². The first-order valence-corrected chi connectivity index (χ1v) is 13.5. The summed E-state index contributed by atoms with van der Waals surface area (Å²) in [6.45, 7) is 0.589. The van der Waals surface area contributed by atoms with Crippen LogP contribution in [-0.4, -0.2) is 43.1 Å². The number of likely N-dealkylation sites (tertiary alicyclic amines) is 1. The van der Waals surface area contributed by atoms with Gasteiger partial charge in [-0.05, 0) is 42.8 Å². The molecule has 5 rings (SSSR count). The molecule has 1 amide bonds. The first-order valence-electron chi connectivity index (χ1n) is 11.8. The van der Waals surface area contributed by atoms with Crippen molar-refractivity contribution >= 4 is 32.2 Å². The van der Waals surface area contributed by atoms with E-state index in [1.165, 1.54) is 0 Å². The van der Waals surface area contributed by atoms with E-state index >= 15 is 0 Å². The number of carbonyl (C=O) groups excluding carboxylic acids is 1. The van der Waals surface area contributed by atoms with Crippen molar-refractivity contribution in [2.45, 2.75) is 55.0 Å². The molecule has 33 heavy (non-hydrogen) atoms. The Hall–Kier alpha value is -2.86. The second-order valence-electron chi connectivity index (χ2n) is 9.36. The Kier molecular flexibility index (Phi) is 5.87. The van der Waals surface area contributed by atoms with Gasteiger partial charge in [0.2, 0.25) is 5.91 Å². The summed E-state index contributed by atoms with van der Waals surface area (Å²) in [4.78, 5) is 15.9. The number of sulfone groups is 1. The van der Waals surface area contributed by atoms with Crippen molar-refractivity contribution in [3.05, 3.63) is 72.8 Å². The molecule has 1 saturated heterocycles. The van der Waals surface area contributed by atoms with E-state index in [1.54, 1.807) is 24.3 Å². The molecule has 2 aliphatic rings. The average Bonchev–Trinajstić information content (AvgIpc) is 3.21. The lowest BCUT2D eigenvalue weighted by Gasteiger charge is -2.44. The third-order valence-electron chi connectivity index (χ3n) is 7.24. The summed E-state index contributed by atoms with van der Waals surface area (Å²) >= 11 is 0. The van der Waals surface area contributed by atoms with Crippen molar-refractivity contribution in [3.63, 3.8) is 0 Å². The number of amides is 1. The van der Waals surface area contributed by atoms with Crippen LogP contribution in [-0.2, 0) is 14.6 Å². The highest BCUT2D eigenvalue weighted by Gasteiger charge is 2.48. The van der Waals surface area contributed by atoms with Crippen molar-refractivity contribution in [1.82, 2.24) is 4.90 Å². The molecule has 3 aromatic rings. The van der Waals surface area contributed by atoms with E-state index in [0.717, 1.165) is 48.6 Å². The lowest BCUT2D eigenvalue weighted by molar-refractivity contribution is -0.134. The normalized spacial score (nSPS) is 20.8. The van der Waals surface area contributed by atoms with Gasteiger partial charge in [-0.3, -0.25) is 4.79 Å². The fraction of sp³-hybridized carbons (Fsp3) is 0.370. The molecule has 1 saturated carbocycles. The zero-order chi connectivity index (χ0) is 22.9. The molecule has 1 atom stereocenters. The maximum Gasteiger partial charge on any atom is 0.245 e. The molecular formula is C27H30N2O3S. The predicted octanol–water partition coefficient (Wildman–Crippen LogP) is 5.03. The molecule has 1 aliphatic carbocycles. The second kappa shape index (κ2) is 8.82. The van der Waals surface area contributed by atoms with Gasteiger partial charge in [0.15, 0.2) is 9.84 Å². The van der Waals surface area contributed by atoms with Crippen LogP contribution in [0, 0.1) is 0 Å². The zero-order valence-electron chi connectivity index (χ0n) is 18.7. The Labute approximate surface area is 195 Å². The van der Waals surface area contributed by atoms with Gasteiger partial charge in [-0.1, -0.05) is 73.9 Å². The SMILES string of the molecule is O=C1C(Nc2cccc3ccccc23)CCN1C1(CS(=O)(=O)c2ccccc2)CCCCC1. The highest BCUT2D eigenvalue weighted by Crippen LogP contribution is 2.39. The zero-order valence-corrected chi connectivity index (χ0v) is 19.6. The molecule has 0 aromatic heterocycles. The molecule has 172 valence electrons. The number of hydrogen-bond donors (Lipinski definition) is 1. The number of nitrogens with zero attached hydrogens (tertiary/aromatic N) is 1. The van der Waals surface area contributed by atoms with Gasteiger partial charge in [-0.2, -0.15) is 0 Å². The Morgan fingerprint density at radius 2 is 1.58 bits per heavy atom. The quantitative estimate of drug-likeness (QED) is 0.558. The molecule has 1 heterocycles. The minimum Gasteiger partial charge on any atom is -0.373 e. The summed E-state index contributed by atoms with van der Waals surface area (Å²) in [5, 5.41) is 5.69. The van der Waals surface area contributed by atoms with Gasteiger partial charge in [0, 0.05) is 17.6 Å². The average molecular weight is 463 g/mol. The second-order valence-corrected chi connectivity index (χ2v) is 11.3. The Balaban J connectivity index is 1.41. The van der Waals surface area contributed by atoms with Crippen LogP contribution in [0.25, 0.3) is 10.8 Å². The maximum absolute atomic E-state index is 13.6. The van der Waals surface area contributed by atoms with Gasteiger partial charge in [-0.25, -0.2) is 8.42 Å². The topological polar surface area (TPSA) is 66.5 Å². The number of benzene rings is 3. The van der Waals surface area contributed by atoms with Gasteiger partial charge in [0.05, 0.1) is 16.2 Å². The van der Waals surface area contributed by atoms with Crippen LogP contribution in [0.1, 0.15) is 38.5 Å². The molecule has 0 bridgehead atoms.